The summed E-state index contributed by atoms with van der Waals surface area (Å²) in [4.78, 5) is 18.7. The molecule has 0 aliphatic carbocycles. The molecule has 0 amide bonds. The maximum Gasteiger partial charge on any atom is 0.339 e. The first kappa shape index (κ1) is 14.4. The van der Waals surface area contributed by atoms with Gasteiger partial charge in [0, 0.05) is 12.7 Å². The van der Waals surface area contributed by atoms with E-state index < -0.39 is 11.6 Å². The first-order valence-electron chi connectivity index (χ1n) is 5.89. The largest absolute Gasteiger partial charge is 0.478 e. The van der Waals surface area contributed by atoms with Crippen LogP contribution in [0, 0.1) is 6.92 Å². The predicted octanol–water partition coefficient (Wildman–Crippen LogP) is 1.45. The third kappa shape index (κ3) is 3.96. The van der Waals surface area contributed by atoms with Crippen LogP contribution in [0.3, 0.4) is 0 Å². The molecule has 3 N–H and O–H groups in total. The highest BCUT2D eigenvalue weighted by atomic mass is 16.4. The van der Waals surface area contributed by atoms with Gasteiger partial charge in [-0.25, -0.2) is 14.8 Å². The second kappa shape index (κ2) is 5.77. The van der Waals surface area contributed by atoms with E-state index in [-0.39, 0.29) is 5.56 Å². The van der Waals surface area contributed by atoms with Gasteiger partial charge in [-0.2, -0.15) is 0 Å². The fourth-order valence-corrected chi connectivity index (χ4v) is 1.66. The minimum Gasteiger partial charge on any atom is -0.478 e. The van der Waals surface area contributed by atoms with E-state index >= 15 is 0 Å². The van der Waals surface area contributed by atoms with Crippen LogP contribution in [0.15, 0.2) is 6.20 Å². The van der Waals surface area contributed by atoms with Gasteiger partial charge >= 0.3 is 5.97 Å². The van der Waals surface area contributed by atoms with Crippen molar-refractivity contribution in [3.63, 3.8) is 0 Å². The highest BCUT2D eigenvalue weighted by molar-refractivity contribution is 5.88. The van der Waals surface area contributed by atoms with Gasteiger partial charge in [-0.15, -0.1) is 0 Å². The molecule has 0 radical (unpaired) electrons. The van der Waals surface area contributed by atoms with Gasteiger partial charge in [0.05, 0.1) is 16.9 Å². The SMILES string of the molecule is CCCC(C)(O)CNc1ncc(C(=O)O)c(C)n1. The Balaban J connectivity index is 2.70. The molecule has 100 valence electrons. The summed E-state index contributed by atoms with van der Waals surface area (Å²) in [5.74, 6) is -0.717. The molecule has 6 nitrogen and oxygen atoms in total. The zero-order chi connectivity index (χ0) is 13.8. The highest BCUT2D eigenvalue weighted by Gasteiger charge is 2.19. The van der Waals surface area contributed by atoms with Gasteiger partial charge in [0.1, 0.15) is 0 Å². The van der Waals surface area contributed by atoms with E-state index in [2.05, 4.69) is 15.3 Å². The van der Waals surface area contributed by atoms with Crippen LogP contribution < -0.4 is 5.32 Å². The van der Waals surface area contributed by atoms with Gasteiger partial charge in [0.2, 0.25) is 5.95 Å². The third-order valence-electron chi connectivity index (χ3n) is 2.63. The number of carbonyl (C=O) groups is 1. The molecule has 6 heteroatoms. The van der Waals surface area contributed by atoms with Crippen molar-refractivity contribution in [3.8, 4) is 0 Å². The van der Waals surface area contributed by atoms with Crippen molar-refractivity contribution in [1.82, 2.24) is 9.97 Å². The Morgan fingerprint density at radius 3 is 2.72 bits per heavy atom. The lowest BCUT2D eigenvalue weighted by Crippen LogP contribution is -2.33. The summed E-state index contributed by atoms with van der Waals surface area (Å²) in [6.45, 7) is 5.67. The smallest absolute Gasteiger partial charge is 0.339 e. The van der Waals surface area contributed by atoms with Gasteiger partial charge in [0.25, 0.3) is 0 Å². The number of rotatable bonds is 6. The second-order valence-electron chi connectivity index (χ2n) is 4.60. The van der Waals surface area contributed by atoms with Crippen LogP contribution in [0.5, 0.6) is 0 Å². The van der Waals surface area contributed by atoms with E-state index in [1.807, 2.05) is 6.92 Å². The van der Waals surface area contributed by atoms with Gasteiger partial charge in [0.15, 0.2) is 0 Å². The number of carboxylic acid groups (broad SMARTS) is 1. The topological polar surface area (TPSA) is 95.3 Å². The molecule has 0 spiro atoms. The molecule has 0 aliphatic heterocycles. The average Bonchev–Trinajstić information content (AvgIpc) is 2.26. The number of aliphatic hydroxyl groups is 1. The van der Waals surface area contributed by atoms with E-state index in [9.17, 15) is 9.90 Å². The first-order chi connectivity index (χ1) is 8.35. The predicted molar refractivity (Wildman–Crippen MR) is 67.7 cm³/mol. The molecule has 1 aromatic heterocycles. The Hall–Kier alpha value is -1.69. The monoisotopic (exact) mass is 253 g/mol. The average molecular weight is 253 g/mol. The minimum absolute atomic E-state index is 0.0841. The fraction of sp³-hybridized carbons (Fsp3) is 0.583. The van der Waals surface area contributed by atoms with Crippen molar-refractivity contribution in [2.24, 2.45) is 0 Å². The summed E-state index contributed by atoms with van der Waals surface area (Å²) in [6.07, 6.45) is 2.82. The van der Waals surface area contributed by atoms with Crippen molar-refractivity contribution in [2.45, 2.75) is 39.2 Å². The number of nitrogens with zero attached hydrogens (tertiary/aromatic N) is 2. The summed E-state index contributed by atoms with van der Waals surface area (Å²) in [5, 5.41) is 21.7. The molecular formula is C12H19N3O3. The van der Waals surface area contributed by atoms with Crippen LogP contribution in [-0.4, -0.2) is 38.3 Å². The molecule has 0 saturated carbocycles. The van der Waals surface area contributed by atoms with Crippen LogP contribution in [0.4, 0.5) is 5.95 Å². The van der Waals surface area contributed by atoms with Crippen LogP contribution in [-0.2, 0) is 0 Å². The summed E-state index contributed by atoms with van der Waals surface area (Å²) in [7, 11) is 0. The number of hydrogen-bond acceptors (Lipinski definition) is 5. The summed E-state index contributed by atoms with van der Waals surface area (Å²) in [5.41, 5.74) is -0.340. The molecule has 1 aromatic rings. The number of hydrogen-bond donors (Lipinski definition) is 3. The lowest BCUT2D eigenvalue weighted by Gasteiger charge is -2.22. The van der Waals surface area contributed by atoms with E-state index in [4.69, 9.17) is 5.11 Å². The van der Waals surface area contributed by atoms with Crippen molar-refractivity contribution in [1.29, 1.82) is 0 Å². The second-order valence-corrected chi connectivity index (χ2v) is 4.60. The first-order valence-corrected chi connectivity index (χ1v) is 5.89. The molecule has 18 heavy (non-hydrogen) atoms. The summed E-state index contributed by atoms with van der Waals surface area (Å²) < 4.78 is 0. The maximum atomic E-state index is 10.8. The number of anilines is 1. The van der Waals surface area contributed by atoms with Crippen molar-refractivity contribution >= 4 is 11.9 Å². The zero-order valence-corrected chi connectivity index (χ0v) is 10.9. The van der Waals surface area contributed by atoms with Crippen molar-refractivity contribution < 1.29 is 15.0 Å². The molecule has 0 aliphatic rings. The Bertz CT molecular complexity index is 433. The molecular weight excluding hydrogens is 234 g/mol. The standard InChI is InChI=1S/C12H19N3O3/c1-4-5-12(3,18)7-14-11-13-6-9(10(16)17)8(2)15-11/h6,18H,4-5,7H2,1-3H3,(H,16,17)(H,13,14,15). The van der Waals surface area contributed by atoms with Gasteiger partial charge < -0.3 is 15.5 Å². The number of nitrogens with one attached hydrogen (secondary N) is 1. The normalized spacial score (nSPS) is 14.0. The molecule has 0 aromatic carbocycles. The summed E-state index contributed by atoms with van der Waals surface area (Å²) in [6, 6.07) is 0. The van der Waals surface area contributed by atoms with Crippen LogP contribution >= 0.6 is 0 Å². The number of aromatic nitrogens is 2. The lowest BCUT2D eigenvalue weighted by atomic mass is 10.0. The van der Waals surface area contributed by atoms with Gasteiger partial charge in [-0.3, -0.25) is 0 Å². The number of aromatic carboxylic acids is 1. The van der Waals surface area contributed by atoms with Crippen LogP contribution in [0.2, 0.25) is 0 Å². The van der Waals surface area contributed by atoms with Crippen molar-refractivity contribution in [2.75, 3.05) is 11.9 Å². The Labute approximate surface area is 106 Å². The summed E-state index contributed by atoms with van der Waals surface area (Å²) >= 11 is 0. The molecule has 1 heterocycles. The molecule has 1 rings (SSSR count). The maximum absolute atomic E-state index is 10.8. The third-order valence-corrected chi connectivity index (χ3v) is 2.63. The van der Waals surface area contributed by atoms with Crippen LogP contribution in [0.25, 0.3) is 0 Å². The Morgan fingerprint density at radius 1 is 1.56 bits per heavy atom. The minimum atomic E-state index is -1.04. The Kier molecular flexibility index (Phi) is 4.61. The van der Waals surface area contributed by atoms with E-state index in [1.54, 1.807) is 13.8 Å². The quantitative estimate of drug-likeness (QED) is 0.710. The molecule has 1 atom stereocenters. The molecule has 0 fully saturated rings. The van der Waals surface area contributed by atoms with E-state index in [0.29, 0.717) is 24.6 Å². The van der Waals surface area contributed by atoms with Crippen LogP contribution in [0.1, 0.15) is 42.7 Å². The van der Waals surface area contributed by atoms with Gasteiger partial charge in [-0.1, -0.05) is 13.3 Å². The fourth-order valence-electron chi connectivity index (χ4n) is 1.66. The van der Waals surface area contributed by atoms with Crippen molar-refractivity contribution in [3.05, 3.63) is 17.5 Å². The molecule has 0 bridgehead atoms. The molecule has 0 saturated heterocycles. The van der Waals surface area contributed by atoms with Gasteiger partial charge in [-0.05, 0) is 20.3 Å². The van der Waals surface area contributed by atoms with E-state index in [1.165, 1.54) is 6.20 Å². The zero-order valence-electron chi connectivity index (χ0n) is 10.9. The lowest BCUT2D eigenvalue weighted by molar-refractivity contribution is 0.0633. The number of aryl methyl sites for hydroxylation is 1. The number of carboxylic acids is 1. The Morgan fingerprint density at radius 2 is 2.22 bits per heavy atom. The van der Waals surface area contributed by atoms with E-state index in [0.717, 1.165) is 6.42 Å². The highest BCUT2D eigenvalue weighted by Crippen LogP contribution is 2.13. The molecule has 1 unspecified atom stereocenters.